The number of carbonyl (C=O) groups is 2. The molecule has 1 atom stereocenters. The standard InChI is InChI=1S/C15H20ClN3O3/c1-22-13-6-5-11(16)8-10(13)9-18-15(21)19-12-4-2-3-7-17-14(12)20/h5-6,8,12H,2-4,7,9H2,1H3,(H,17,20)(H2,18,19,21)/t12-/m1/s1. The molecule has 0 spiro atoms. The molecule has 7 heteroatoms. The average Bonchev–Trinajstić information content (AvgIpc) is 2.70. The number of rotatable bonds is 4. The zero-order chi connectivity index (χ0) is 15.9. The maximum atomic E-state index is 12.0. The van der Waals surface area contributed by atoms with Gasteiger partial charge in [0.1, 0.15) is 11.8 Å². The molecule has 0 unspecified atom stereocenters. The Hall–Kier alpha value is -1.95. The Morgan fingerprint density at radius 3 is 3.05 bits per heavy atom. The first-order valence-corrected chi connectivity index (χ1v) is 7.62. The lowest BCUT2D eigenvalue weighted by Crippen LogP contribution is -2.48. The fraction of sp³-hybridized carbons (Fsp3) is 0.467. The molecule has 120 valence electrons. The number of amides is 3. The SMILES string of the molecule is COc1ccc(Cl)cc1CNC(=O)N[C@@H]1CCCCNC1=O. The molecule has 3 amide bonds. The normalized spacial score (nSPS) is 18.1. The average molecular weight is 326 g/mol. The van der Waals surface area contributed by atoms with Crippen LogP contribution in [-0.4, -0.2) is 31.6 Å². The van der Waals surface area contributed by atoms with E-state index in [0.717, 1.165) is 18.4 Å². The molecule has 1 fully saturated rings. The molecule has 1 saturated heterocycles. The highest BCUT2D eigenvalue weighted by atomic mass is 35.5. The molecule has 0 radical (unpaired) electrons. The first-order valence-electron chi connectivity index (χ1n) is 7.24. The molecule has 1 aromatic rings. The monoisotopic (exact) mass is 325 g/mol. The fourth-order valence-electron chi connectivity index (χ4n) is 2.35. The molecule has 22 heavy (non-hydrogen) atoms. The minimum Gasteiger partial charge on any atom is -0.496 e. The van der Waals surface area contributed by atoms with E-state index < -0.39 is 6.04 Å². The number of hydrogen-bond donors (Lipinski definition) is 3. The Balaban J connectivity index is 1.89. The van der Waals surface area contributed by atoms with Crippen molar-refractivity contribution in [2.45, 2.75) is 31.8 Å². The lowest BCUT2D eigenvalue weighted by Gasteiger charge is -2.16. The third kappa shape index (κ3) is 4.53. The molecule has 1 aliphatic heterocycles. The maximum Gasteiger partial charge on any atom is 0.315 e. The molecule has 0 saturated carbocycles. The molecule has 0 aromatic heterocycles. The summed E-state index contributed by atoms with van der Waals surface area (Å²) in [6, 6.07) is 4.34. The lowest BCUT2D eigenvalue weighted by atomic mass is 10.1. The van der Waals surface area contributed by atoms with E-state index >= 15 is 0 Å². The van der Waals surface area contributed by atoms with Gasteiger partial charge in [-0.1, -0.05) is 11.6 Å². The summed E-state index contributed by atoms with van der Waals surface area (Å²) in [5.41, 5.74) is 0.774. The van der Waals surface area contributed by atoms with Crippen LogP contribution < -0.4 is 20.7 Å². The van der Waals surface area contributed by atoms with E-state index in [2.05, 4.69) is 16.0 Å². The molecule has 1 heterocycles. The van der Waals surface area contributed by atoms with Crippen molar-refractivity contribution in [1.82, 2.24) is 16.0 Å². The van der Waals surface area contributed by atoms with E-state index in [-0.39, 0.29) is 18.5 Å². The number of ether oxygens (including phenoxy) is 1. The highest BCUT2D eigenvalue weighted by molar-refractivity contribution is 6.30. The van der Waals surface area contributed by atoms with Gasteiger partial charge in [-0.05, 0) is 37.5 Å². The summed E-state index contributed by atoms with van der Waals surface area (Å²) in [5, 5.41) is 8.77. The molecule has 0 bridgehead atoms. The molecular weight excluding hydrogens is 306 g/mol. The first kappa shape index (κ1) is 16.4. The minimum atomic E-state index is -0.483. The van der Waals surface area contributed by atoms with Gasteiger partial charge in [0.25, 0.3) is 0 Å². The van der Waals surface area contributed by atoms with E-state index in [4.69, 9.17) is 16.3 Å². The van der Waals surface area contributed by atoms with Crippen LogP contribution in [0.5, 0.6) is 5.75 Å². The van der Waals surface area contributed by atoms with E-state index in [1.165, 1.54) is 0 Å². The van der Waals surface area contributed by atoms with Crippen LogP contribution in [0, 0.1) is 0 Å². The van der Waals surface area contributed by atoms with Crippen LogP contribution in [0.2, 0.25) is 5.02 Å². The van der Waals surface area contributed by atoms with Crippen LogP contribution in [0.15, 0.2) is 18.2 Å². The summed E-state index contributed by atoms with van der Waals surface area (Å²) in [4.78, 5) is 23.7. The van der Waals surface area contributed by atoms with Gasteiger partial charge in [0.05, 0.1) is 7.11 Å². The van der Waals surface area contributed by atoms with E-state index in [1.807, 2.05) is 0 Å². The van der Waals surface area contributed by atoms with Crippen LogP contribution in [0.4, 0.5) is 4.79 Å². The van der Waals surface area contributed by atoms with Gasteiger partial charge in [-0.25, -0.2) is 4.79 Å². The topological polar surface area (TPSA) is 79.5 Å². The number of hydrogen-bond acceptors (Lipinski definition) is 3. The van der Waals surface area contributed by atoms with Crippen LogP contribution in [0.3, 0.4) is 0 Å². The number of halogens is 1. The minimum absolute atomic E-state index is 0.131. The van der Waals surface area contributed by atoms with E-state index in [9.17, 15) is 9.59 Å². The number of nitrogens with one attached hydrogen (secondary N) is 3. The predicted molar refractivity (Wildman–Crippen MR) is 84.0 cm³/mol. The first-order chi connectivity index (χ1) is 10.6. The second-order valence-corrected chi connectivity index (χ2v) is 5.56. The fourth-order valence-corrected chi connectivity index (χ4v) is 2.54. The molecule has 0 aliphatic carbocycles. The maximum absolute atomic E-state index is 12.0. The Morgan fingerprint density at radius 1 is 1.45 bits per heavy atom. The second-order valence-electron chi connectivity index (χ2n) is 5.12. The van der Waals surface area contributed by atoms with Gasteiger partial charge in [0.2, 0.25) is 5.91 Å². The van der Waals surface area contributed by atoms with Gasteiger partial charge in [0.15, 0.2) is 0 Å². The zero-order valence-corrected chi connectivity index (χ0v) is 13.2. The third-order valence-corrected chi connectivity index (χ3v) is 3.76. The zero-order valence-electron chi connectivity index (χ0n) is 12.4. The molecule has 6 nitrogen and oxygen atoms in total. The van der Waals surface area contributed by atoms with Crippen molar-refractivity contribution in [1.29, 1.82) is 0 Å². The molecule has 1 aliphatic rings. The number of urea groups is 1. The summed E-state index contributed by atoms with van der Waals surface area (Å²) in [6.45, 7) is 0.933. The Morgan fingerprint density at radius 2 is 2.27 bits per heavy atom. The van der Waals surface area contributed by atoms with Gasteiger partial charge < -0.3 is 20.7 Å². The quantitative estimate of drug-likeness (QED) is 0.790. The summed E-state index contributed by atoms with van der Waals surface area (Å²) in [5.74, 6) is 0.518. The van der Waals surface area contributed by atoms with E-state index in [0.29, 0.717) is 23.7 Å². The van der Waals surface area contributed by atoms with Gasteiger partial charge in [-0.15, -0.1) is 0 Å². The Bertz CT molecular complexity index is 551. The van der Waals surface area contributed by atoms with Crippen molar-refractivity contribution in [3.63, 3.8) is 0 Å². The van der Waals surface area contributed by atoms with Crippen molar-refractivity contribution in [3.8, 4) is 5.75 Å². The molecule has 1 aromatic carbocycles. The van der Waals surface area contributed by atoms with Crippen molar-refractivity contribution < 1.29 is 14.3 Å². The predicted octanol–water partition coefficient (Wildman–Crippen LogP) is 1.82. The number of methoxy groups -OCH3 is 1. The summed E-state index contributed by atoms with van der Waals surface area (Å²) >= 11 is 5.95. The van der Waals surface area contributed by atoms with Gasteiger partial charge >= 0.3 is 6.03 Å². The van der Waals surface area contributed by atoms with Gasteiger partial charge in [-0.3, -0.25) is 4.79 Å². The van der Waals surface area contributed by atoms with Crippen LogP contribution in [-0.2, 0) is 11.3 Å². The van der Waals surface area contributed by atoms with E-state index in [1.54, 1.807) is 25.3 Å². The summed E-state index contributed by atoms with van der Waals surface area (Å²) in [6.07, 6.45) is 2.50. The second kappa shape index (κ2) is 7.89. The number of benzene rings is 1. The highest BCUT2D eigenvalue weighted by Gasteiger charge is 2.22. The number of carbonyl (C=O) groups excluding carboxylic acids is 2. The van der Waals surface area contributed by atoms with Crippen molar-refractivity contribution in [3.05, 3.63) is 28.8 Å². The van der Waals surface area contributed by atoms with Gasteiger partial charge in [-0.2, -0.15) is 0 Å². The Labute approximate surface area is 134 Å². The smallest absolute Gasteiger partial charge is 0.315 e. The summed E-state index contributed by atoms with van der Waals surface area (Å²) in [7, 11) is 1.56. The highest BCUT2D eigenvalue weighted by Crippen LogP contribution is 2.22. The Kier molecular flexibility index (Phi) is 5.89. The molecule has 3 N–H and O–H groups in total. The van der Waals surface area contributed by atoms with Crippen molar-refractivity contribution >= 4 is 23.5 Å². The van der Waals surface area contributed by atoms with Crippen LogP contribution >= 0.6 is 11.6 Å². The van der Waals surface area contributed by atoms with Crippen LogP contribution in [0.1, 0.15) is 24.8 Å². The van der Waals surface area contributed by atoms with Crippen LogP contribution in [0.25, 0.3) is 0 Å². The van der Waals surface area contributed by atoms with Crippen molar-refractivity contribution in [2.75, 3.05) is 13.7 Å². The molecular formula is C15H20ClN3O3. The third-order valence-electron chi connectivity index (χ3n) is 3.52. The summed E-state index contributed by atoms with van der Waals surface area (Å²) < 4.78 is 5.22. The van der Waals surface area contributed by atoms with Crippen molar-refractivity contribution in [2.24, 2.45) is 0 Å². The molecule has 2 rings (SSSR count). The lowest BCUT2D eigenvalue weighted by molar-refractivity contribution is -0.122. The van der Waals surface area contributed by atoms with Gasteiger partial charge in [0, 0.05) is 23.7 Å². The largest absolute Gasteiger partial charge is 0.496 e.